The first-order valence-electron chi connectivity index (χ1n) is 8.04. The van der Waals surface area contributed by atoms with Crippen molar-refractivity contribution in [1.82, 2.24) is 5.32 Å². The van der Waals surface area contributed by atoms with E-state index >= 15 is 0 Å². The van der Waals surface area contributed by atoms with Crippen molar-refractivity contribution in [3.8, 4) is 5.75 Å². The smallest absolute Gasteiger partial charge is 0.220 e. The number of ether oxygens (including phenoxy) is 1. The van der Waals surface area contributed by atoms with E-state index in [0.29, 0.717) is 12.8 Å². The molecular formula is C18H27NO3. The van der Waals surface area contributed by atoms with Gasteiger partial charge in [0.05, 0.1) is 12.1 Å². The molecule has 1 heterocycles. The Morgan fingerprint density at radius 3 is 2.73 bits per heavy atom. The minimum atomic E-state index is -0.511. The lowest BCUT2D eigenvalue weighted by molar-refractivity contribution is -0.122. The normalized spacial score (nSPS) is 21.0. The Kier molecular flexibility index (Phi) is 4.81. The molecule has 2 rings (SSSR count). The standard InChI is InChI=1S/C18H27NO3/c1-6-16(20)19-14-10-18(4,5)22-15-8-7-12(9-13(14)15)17(21)11(2)3/h7-9,11,14,17,21H,6,10H2,1-5H3,(H,19,20). The highest BCUT2D eigenvalue weighted by molar-refractivity contribution is 5.76. The Morgan fingerprint density at radius 1 is 1.45 bits per heavy atom. The van der Waals surface area contributed by atoms with Crippen molar-refractivity contribution in [2.75, 3.05) is 0 Å². The molecule has 122 valence electrons. The molecule has 1 aromatic rings. The van der Waals surface area contributed by atoms with Crippen molar-refractivity contribution in [2.45, 2.75) is 65.2 Å². The van der Waals surface area contributed by atoms with Gasteiger partial charge < -0.3 is 15.2 Å². The monoisotopic (exact) mass is 305 g/mol. The van der Waals surface area contributed by atoms with Gasteiger partial charge in [0.2, 0.25) is 5.91 Å². The lowest BCUT2D eigenvalue weighted by Gasteiger charge is -2.38. The minimum Gasteiger partial charge on any atom is -0.487 e. The Bertz CT molecular complexity index is 551. The average molecular weight is 305 g/mol. The highest BCUT2D eigenvalue weighted by Gasteiger charge is 2.34. The van der Waals surface area contributed by atoms with E-state index in [-0.39, 0.29) is 23.5 Å². The maximum absolute atomic E-state index is 11.8. The van der Waals surface area contributed by atoms with Crippen molar-refractivity contribution in [2.24, 2.45) is 5.92 Å². The molecule has 1 aliphatic heterocycles. The number of carbonyl (C=O) groups is 1. The molecule has 0 radical (unpaired) electrons. The summed E-state index contributed by atoms with van der Waals surface area (Å²) in [6.45, 7) is 9.87. The lowest BCUT2D eigenvalue weighted by atomic mass is 9.87. The van der Waals surface area contributed by atoms with Crippen molar-refractivity contribution < 1.29 is 14.6 Å². The molecule has 0 aromatic heterocycles. The molecule has 2 unspecified atom stereocenters. The fourth-order valence-electron chi connectivity index (χ4n) is 2.87. The molecule has 4 heteroatoms. The predicted octanol–water partition coefficient (Wildman–Crippen LogP) is 3.50. The number of amides is 1. The molecule has 1 amide bonds. The van der Waals surface area contributed by atoms with E-state index in [4.69, 9.17) is 4.74 Å². The quantitative estimate of drug-likeness (QED) is 0.895. The maximum atomic E-state index is 11.8. The number of nitrogens with one attached hydrogen (secondary N) is 1. The molecule has 4 nitrogen and oxygen atoms in total. The summed E-state index contributed by atoms with van der Waals surface area (Å²) in [7, 11) is 0. The Labute approximate surface area is 132 Å². The number of hydrogen-bond donors (Lipinski definition) is 2. The Balaban J connectivity index is 2.38. The van der Waals surface area contributed by atoms with Crippen molar-refractivity contribution in [3.05, 3.63) is 29.3 Å². The van der Waals surface area contributed by atoms with Crippen LogP contribution in [0.4, 0.5) is 0 Å². The van der Waals surface area contributed by atoms with Gasteiger partial charge in [0.25, 0.3) is 0 Å². The largest absolute Gasteiger partial charge is 0.487 e. The summed E-state index contributed by atoms with van der Waals surface area (Å²) in [6.07, 6.45) is 0.664. The number of rotatable bonds is 4. The average Bonchev–Trinajstić information content (AvgIpc) is 2.44. The molecule has 22 heavy (non-hydrogen) atoms. The summed E-state index contributed by atoms with van der Waals surface area (Å²) in [5.74, 6) is 0.962. The van der Waals surface area contributed by atoms with E-state index in [1.54, 1.807) is 0 Å². The van der Waals surface area contributed by atoms with Crippen LogP contribution >= 0.6 is 0 Å². The fourth-order valence-corrected chi connectivity index (χ4v) is 2.87. The van der Waals surface area contributed by atoms with Crippen LogP contribution in [-0.4, -0.2) is 16.6 Å². The molecule has 2 N–H and O–H groups in total. The molecule has 0 aliphatic carbocycles. The fraction of sp³-hybridized carbons (Fsp3) is 0.611. The lowest BCUT2D eigenvalue weighted by Crippen LogP contribution is -2.41. The molecular weight excluding hydrogens is 278 g/mol. The van der Waals surface area contributed by atoms with Crippen LogP contribution < -0.4 is 10.1 Å². The van der Waals surface area contributed by atoms with E-state index < -0.39 is 6.10 Å². The molecule has 0 bridgehead atoms. The second-order valence-corrected chi connectivity index (χ2v) is 7.03. The number of fused-ring (bicyclic) bond motifs is 1. The summed E-state index contributed by atoms with van der Waals surface area (Å²) in [5, 5.41) is 13.4. The minimum absolute atomic E-state index is 0.0310. The number of aliphatic hydroxyl groups excluding tert-OH is 1. The van der Waals surface area contributed by atoms with Crippen LogP contribution in [0, 0.1) is 5.92 Å². The zero-order valence-electron chi connectivity index (χ0n) is 14.1. The molecule has 1 aromatic carbocycles. The van der Waals surface area contributed by atoms with Crippen LogP contribution in [-0.2, 0) is 4.79 Å². The maximum Gasteiger partial charge on any atom is 0.220 e. The van der Waals surface area contributed by atoms with E-state index in [1.807, 2.05) is 52.8 Å². The van der Waals surface area contributed by atoms with E-state index in [2.05, 4.69) is 5.32 Å². The van der Waals surface area contributed by atoms with Gasteiger partial charge in [-0.05, 0) is 37.5 Å². The van der Waals surface area contributed by atoms with Crippen molar-refractivity contribution >= 4 is 5.91 Å². The van der Waals surface area contributed by atoms with E-state index in [0.717, 1.165) is 16.9 Å². The molecule has 0 fully saturated rings. The summed E-state index contributed by atoms with van der Waals surface area (Å²) < 4.78 is 6.03. The van der Waals surface area contributed by atoms with Crippen LogP contribution in [0.25, 0.3) is 0 Å². The number of benzene rings is 1. The van der Waals surface area contributed by atoms with Gasteiger partial charge in [-0.1, -0.05) is 26.8 Å². The number of hydrogen-bond acceptors (Lipinski definition) is 3. The molecule has 0 saturated carbocycles. The third-order valence-electron chi connectivity index (χ3n) is 4.12. The van der Waals surface area contributed by atoms with Gasteiger partial charge >= 0.3 is 0 Å². The topological polar surface area (TPSA) is 58.6 Å². The van der Waals surface area contributed by atoms with Crippen LogP contribution in [0.15, 0.2) is 18.2 Å². The van der Waals surface area contributed by atoms with Crippen LogP contribution in [0.5, 0.6) is 5.75 Å². The Morgan fingerprint density at radius 2 is 2.14 bits per heavy atom. The van der Waals surface area contributed by atoms with Gasteiger partial charge in [0, 0.05) is 18.4 Å². The van der Waals surface area contributed by atoms with Gasteiger partial charge in [-0.25, -0.2) is 0 Å². The predicted molar refractivity (Wildman–Crippen MR) is 86.7 cm³/mol. The van der Waals surface area contributed by atoms with Gasteiger partial charge in [-0.3, -0.25) is 4.79 Å². The van der Waals surface area contributed by atoms with Crippen molar-refractivity contribution in [1.29, 1.82) is 0 Å². The first-order valence-corrected chi connectivity index (χ1v) is 8.04. The molecule has 2 atom stereocenters. The van der Waals surface area contributed by atoms with Gasteiger partial charge in [0.1, 0.15) is 11.4 Å². The molecule has 0 saturated heterocycles. The van der Waals surface area contributed by atoms with Gasteiger partial charge in [0.15, 0.2) is 0 Å². The third-order valence-corrected chi connectivity index (χ3v) is 4.12. The first-order chi connectivity index (χ1) is 10.2. The zero-order chi connectivity index (χ0) is 16.5. The first kappa shape index (κ1) is 16.8. The number of aliphatic hydroxyl groups is 1. The summed E-state index contributed by atoms with van der Waals surface area (Å²) in [6, 6.07) is 5.70. The van der Waals surface area contributed by atoms with E-state index in [9.17, 15) is 9.90 Å². The second kappa shape index (κ2) is 6.29. The third kappa shape index (κ3) is 3.61. The van der Waals surface area contributed by atoms with E-state index in [1.165, 1.54) is 0 Å². The number of carbonyl (C=O) groups excluding carboxylic acids is 1. The summed E-state index contributed by atoms with van der Waals surface area (Å²) >= 11 is 0. The highest BCUT2D eigenvalue weighted by atomic mass is 16.5. The summed E-state index contributed by atoms with van der Waals surface area (Å²) in [5.41, 5.74) is 1.50. The van der Waals surface area contributed by atoms with Crippen LogP contribution in [0.3, 0.4) is 0 Å². The van der Waals surface area contributed by atoms with Gasteiger partial charge in [-0.15, -0.1) is 0 Å². The highest BCUT2D eigenvalue weighted by Crippen LogP contribution is 2.41. The SMILES string of the molecule is CCC(=O)NC1CC(C)(C)Oc2ccc(C(O)C(C)C)cc21. The van der Waals surface area contributed by atoms with Crippen LogP contribution in [0.2, 0.25) is 0 Å². The second-order valence-electron chi connectivity index (χ2n) is 7.03. The molecule has 0 spiro atoms. The zero-order valence-corrected chi connectivity index (χ0v) is 14.1. The van der Waals surface area contributed by atoms with Crippen molar-refractivity contribution in [3.63, 3.8) is 0 Å². The molecule has 1 aliphatic rings. The van der Waals surface area contributed by atoms with Crippen LogP contribution in [0.1, 0.15) is 70.7 Å². The van der Waals surface area contributed by atoms with Gasteiger partial charge in [-0.2, -0.15) is 0 Å². The Hall–Kier alpha value is -1.55. The summed E-state index contributed by atoms with van der Waals surface area (Å²) in [4.78, 5) is 11.8.